The number of rotatable bonds is 4. The maximum Gasteiger partial charge on any atom is 0.273 e. The quantitative estimate of drug-likeness (QED) is 0.928. The number of hydrogen-bond donors (Lipinski definition) is 1. The Morgan fingerprint density at radius 2 is 2.32 bits per heavy atom. The van der Waals surface area contributed by atoms with Crippen molar-refractivity contribution in [3.63, 3.8) is 0 Å². The Hall–Kier alpha value is -2.15. The summed E-state index contributed by atoms with van der Waals surface area (Å²) in [5, 5.41) is 4.58. The Morgan fingerprint density at radius 1 is 1.53 bits per heavy atom. The van der Waals surface area contributed by atoms with Gasteiger partial charge < -0.3 is 14.6 Å². The Kier molecular flexibility index (Phi) is 3.96. The average Bonchev–Trinajstić information content (AvgIpc) is 2.98. The fourth-order valence-electron chi connectivity index (χ4n) is 1.48. The van der Waals surface area contributed by atoms with E-state index < -0.39 is 0 Å². The van der Waals surface area contributed by atoms with Crippen LogP contribution in [-0.2, 0) is 11.3 Å². The van der Waals surface area contributed by atoms with E-state index in [4.69, 9.17) is 4.42 Å². The fraction of sp³-hybridized carbons (Fsp3) is 0.250. The highest BCUT2D eigenvalue weighted by Crippen LogP contribution is 2.17. The summed E-state index contributed by atoms with van der Waals surface area (Å²) in [5.74, 6) is 0.273. The van der Waals surface area contributed by atoms with E-state index in [-0.39, 0.29) is 11.8 Å². The van der Waals surface area contributed by atoms with Crippen LogP contribution in [0.25, 0.3) is 0 Å². The molecule has 19 heavy (non-hydrogen) atoms. The van der Waals surface area contributed by atoms with Gasteiger partial charge in [0.1, 0.15) is 11.5 Å². The Morgan fingerprint density at radius 3 is 2.95 bits per heavy atom. The second kappa shape index (κ2) is 5.66. The molecule has 2 amide bonds. The molecule has 6 nitrogen and oxygen atoms in total. The Balaban J connectivity index is 2.02. The van der Waals surface area contributed by atoms with E-state index in [1.807, 2.05) is 0 Å². The fourth-order valence-corrected chi connectivity index (χ4v) is 2.21. The molecule has 2 heterocycles. The number of thiazole rings is 1. The Labute approximate surface area is 114 Å². The zero-order chi connectivity index (χ0) is 13.8. The zero-order valence-corrected chi connectivity index (χ0v) is 11.4. The second-order valence-corrected chi connectivity index (χ2v) is 4.82. The number of amides is 2. The molecular weight excluding hydrogens is 266 g/mol. The largest absolute Gasteiger partial charge is 0.467 e. The smallest absolute Gasteiger partial charge is 0.273 e. The highest BCUT2D eigenvalue weighted by atomic mass is 32.1. The lowest BCUT2D eigenvalue weighted by atomic mass is 10.3. The van der Waals surface area contributed by atoms with Gasteiger partial charge in [-0.05, 0) is 12.1 Å². The van der Waals surface area contributed by atoms with E-state index in [9.17, 15) is 9.59 Å². The number of anilines is 1. The molecule has 7 heteroatoms. The number of nitrogens with zero attached hydrogens (tertiary/aromatic N) is 2. The molecule has 0 aromatic carbocycles. The Bertz CT molecular complexity index is 577. The third-order valence-corrected chi connectivity index (χ3v) is 3.08. The highest BCUT2D eigenvalue weighted by molar-refractivity contribution is 7.14. The minimum Gasteiger partial charge on any atom is -0.467 e. The van der Waals surface area contributed by atoms with E-state index in [1.165, 1.54) is 23.2 Å². The summed E-state index contributed by atoms with van der Waals surface area (Å²) in [6, 6.07) is 3.57. The van der Waals surface area contributed by atoms with Crippen molar-refractivity contribution < 1.29 is 14.0 Å². The minimum atomic E-state index is -0.218. The van der Waals surface area contributed by atoms with Gasteiger partial charge in [-0.2, -0.15) is 0 Å². The van der Waals surface area contributed by atoms with Gasteiger partial charge in [0.15, 0.2) is 5.13 Å². The average molecular weight is 279 g/mol. The standard InChI is InChI=1S/C12H13N3O3S/c1-8(16)13-12-14-10(7-19-12)11(17)15(2)6-9-4-3-5-18-9/h3-5,7H,6H2,1-2H3,(H,13,14,16). The number of carbonyl (C=O) groups is 2. The van der Waals surface area contributed by atoms with Crippen molar-refractivity contribution in [2.45, 2.75) is 13.5 Å². The molecular formula is C12H13N3O3S. The number of hydrogen-bond acceptors (Lipinski definition) is 5. The number of furan rings is 1. The predicted octanol–water partition coefficient (Wildman–Crippen LogP) is 1.97. The van der Waals surface area contributed by atoms with Crippen molar-refractivity contribution in [2.24, 2.45) is 0 Å². The monoisotopic (exact) mass is 279 g/mol. The topological polar surface area (TPSA) is 75.4 Å². The lowest BCUT2D eigenvalue weighted by Crippen LogP contribution is -2.26. The van der Waals surface area contributed by atoms with Gasteiger partial charge in [0, 0.05) is 19.4 Å². The minimum absolute atomic E-state index is 0.211. The first-order chi connectivity index (χ1) is 9.06. The van der Waals surface area contributed by atoms with Crippen LogP contribution in [-0.4, -0.2) is 28.7 Å². The molecule has 0 aliphatic rings. The molecule has 2 aromatic heterocycles. The van der Waals surface area contributed by atoms with Crippen LogP contribution in [0.5, 0.6) is 0 Å². The number of carbonyl (C=O) groups excluding carboxylic acids is 2. The molecule has 100 valence electrons. The molecule has 1 N–H and O–H groups in total. The lowest BCUT2D eigenvalue weighted by molar-refractivity contribution is -0.114. The molecule has 0 spiro atoms. The first-order valence-corrected chi connectivity index (χ1v) is 6.45. The van der Waals surface area contributed by atoms with Gasteiger partial charge in [-0.15, -0.1) is 11.3 Å². The summed E-state index contributed by atoms with van der Waals surface area (Å²) < 4.78 is 5.18. The van der Waals surface area contributed by atoms with Crippen molar-refractivity contribution in [3.8, 4) is 0 Å². The van der Waals surface area contributed by atoms with Gasteiger partial charge in [0.25, 0.3) is 5.91 Å². The van der Waals surface area contributed by atoms with Gasteiger partial charge in [-0.1, -0.05) is 0 Å². The molecule has 0 saturated heterocycles. The molecule has 0 aliphatic heterocycles. The van der Waals surface area contributed by atoms with Crippen LogP contribution >= 0.6 is 11.3 Å². The van der Waals surface area contributed by atoms with Crippen LogP contribution in [0.15, 0.2) is 28.2 Å². The van der Waals surface area contributed by atoms with Gasteiger partial charge in [0.05, 0.1) is 12.8 Å². The van der Waals surface area contributed by atoms with Crippen LogP contribution in [0, 0.1) is 0 Å². The molecule has 2 rings (SSSR count). The third-order valence-electron chi connectivity index (χ3n) is 2.33. The molecule has 0 saturated carbocycles. The molecule has 0 unspecified atom stereocenters. The molecule has 0 radical (unpaired) electrons. The van der Waals surface area contributed by atoms with Crippen LogP contribution in [0.2, 0.25) is 0 Å². The molecule has 0 bridgehead atoms. The van der Waals surface area contributed by atoms with Crippen molar-refractivity contribution >= 4 is 28.3 Å². The first kappa shape index (κ1) is 13.3. The van der Waals surface area contributed by atoms with Gasteiger partial charge in [0.2, 0.25) is 5.91 Å². The maximum absolute atomic E-state index is 12.1. The maximum atomic E-state index is 12.1. The normalized spacial score (nSPS) is 10.2. The van der Waals surface area contributed by atoms with Crippen LogP contribution in [0.4, 0.5) is 5.13 Å². The van der Waals surface area contributed by atoms with Gasteiger partial charge >= 0.3 is 0 Å². The van der Waals surface area contributed by atoms with E-state index in [0.29, 0.717) is 23.1 Å². The first-order valence-electron chi connectivity index (χ1n) is 5.57. The van der Waals surface area contributed by atoms with E-state index in [2.05, 4.69) is 10.3 Å². The summed E-state index contributed by atoms with van der Waals surface area (Å²) >= 11 is 1.22. The van der Waals surface area contributed by atoms with Crippen LogP contribution in [0.3, 0.4) is 0 Å². The summed E-state index contributed by atoms with van der Waals surface area (Å²) in [4.78, 5) is 28.5. The van der Waals surface area contributed by atoms with Gasteiger partial charge in [-0.25, -0.2) is 4.98 Å². The molecule has 0 aliphatic carbocycles. The van der Waals surface area contributed by atoms with Crippen molar-refractivity contribution in [3.05, 3.63) is 35.2 Å². The summed E-state index contributed by atoms with van der Waals surface area (Å²) in [7, 11) is 1.67. The summed E-state index contributed by atoms with van der Waals surface area (Å²) in [6.07, 6.45) is 1.56. The van der Waals surface area contributed by atoms with Crippen molar-refractivity contribution in [2.75, 3.05) is 12.4 Å². The third kappa shape index (κ3) is 3.41. The number of nitrogens with one attached hydrogen (secondary N) is 1. The SMILES string of the molecule is CC(=O)Nc1nc(C(=O)N(C)Cc2ccco2)cs1. The summed E-state index contributed by atoms with van der Waals surface area (Å²) in [5.41, 5.74) is 0.308. The second-order valence-electron chi connectivity index (χ2n) is 3.96. The summed E-state index contributed by atoms with van der Waals surface area (Å²) in [6.45, 7) is 1.77. The highest BCUT2D eigenvalue weighted by Gasteiger charge is 2.16. The van der Waals surface area contributed by atoms with Gasteiger partial charge in [-0.3, -0.25) is 9.59 Å². The number of aromatic nitrogens is 1. The van der Waals surface area contributed by atoms with Crippen molar-refractivity contribution in [1.29, 1.82) is 0 Å². The van der Waals surface area contributed by atoms with Crippen LogP contribution in [0.1, 0.15) is 23.2 Å². The zero-order valence-electron chi connectivity index (χ0n) is 10.5. The van der Waals surface area contributed by atoms with E-state index in [0.717, 1.165) is 0 Å². The van der Waals surface area contributed by atoms with E-state index in [1.54, 1.807) is 30.8 Å². The molecule has 0 atom stereocenters. The van der Waals surface area contributed by atoms with Crippen LogP contribution < -0.4 is 5.32 Å². The van der Waals surface area contributed by atoms with E-state index >= 15 is 0 Å². The molecule has 0 fully saturated rings. The lowest BCUT2D eigenvalue weighted by Gasteiger charge is -2.13. The van der Waals surface area contributed by atoms with Crippen molar-refractivity contribution in [1.82, 2.24) is 9.88 Å². The molecule has 2 aromatic rings. The predicted molar refractivity (Wildman–Crippen MR) is 70.9 cm³/mol.